The van der Waals surface area contributed by atoms with Crippen molar-refractivity contribution < 1.29 is 9.18 Å². The Labute approximate surface area is 131 Å². The molecule has 2 aromatic rings. The maximum Gasteiger partial charge on any atom is 0.140 e. The van der Waals surface area contributed by atoms with Crippen molar-refractivity contribution in [2.24, 2.45) is 0 Å². The van der Waals surface area contributed by atoms with Gasteiger partial charge >= 0.3 is 0 Å². The highest BCUT2D eigenvalue weighted by Gasteiger charge is 2.36. The molecule has 3 heteroatoms. The van der Waals surface area contributed by atoms with Crippen molar-refractivity contribution in [2.45, 2.75) is 24.6 Å². The van der Waals surface area contributed by atoms with Gasteiger partial charge in [-0.25, -0.2) is 4.39 Å². The van der Waals surface area contributed by atoms with Crippen LogP contribution in [0.3, 0.4) is 0 Å². The molecular weight excluding hydrogens is 277 g/mol. The lowest BCUT2D eigenvalue weighted by molar-refractivity contribution is -0.118. The number of aldehydes is 1. The lowest BCUT2D eigenvalue weighted by Gasteiger charge is -2.36. The number of benzene rings is 2. The number of likely N-dealkylation sites (N-methyl/N-ethyl adjacent to an activating group) is 1. The average Bonchev–Trinajstić information content (AvgIpc) is 2.55. The molecule has 2 nitrogen and oxygen atoms in total. The van der Waals surface area contributed by atoms with Gasteiger partial charge in [0.2, 0.25) is 0 Å². The van der Waals surface area contributed by atoms with Crippen molar-refractivity contribution in [1.29, 1.82) is 0 Å². The molecule has 2 aromatic carbocycles. The summed E-state index contributed by atoms with van der Waals surface area (Å²) in [4.78, 5) is 13.7. The van der Waals surface area contributed by atoms with Gasteiger partial charge in [0.05, 0.1) is 5.54 Å². The zero-order chi connectivity index (χ0) is 16.0. The Morgan fingerprint density at radius 1 is 1.05 bits per heavy atom. The fourth-order valence-corrected chi connectivity index (χ4v) is 2.65. The van der Waals surface area contributed by atoms with Gasteiger partial charge in [0.25, 0.3) is 0 Å². The van der Waals surface area contributed by atoms with E-state index in [-0.39, 0.29) is 6.42 Å². The predicted octanol–water partition coefficient (Wildman–Crippen LogP) is 3.83. The van der Waals surface area contributed by atoms with Gasteiger partial charge in [0, 0.05) is 6.42 Å². The number of rotatable bonds is 7. The Morgan fingerprint density at radius 2 is 1.59 bits per heavy atom. The number of alkyl halides is 1. The molecule has 0 bridgehead atoms. The van der Waals surface area contributed by atoms with Crippen LogP contribution in [0.2, 0.25) is 0 Å². The minimum absolute atomic E-state index is 0.141. The lowest BCUT2D eigenvalue weighted by Crippen LogP contribution is -2.48. The van der Waals surface area contributed by atoms with Gasteiger partial charge in [-0.05, 0) is 31.6 Å². The smallest absolute Gasteiger partial charge is 0.140 e. The summed E-state index contributed by atoms with van der Waals surface area (Å²) < 4.78 is 14.7. The van der Waals surface area contributed by atoms with E-state index in [2.05, 4.69) is 0 Å². The third kappa shape index (κ3) is 3.80. The highest BCUT2D eigenvalue weighted by Crippen LogP contribution is 2.31. The topological polar surface area (TPSA) is 20.3 Å². The second-order valence-corrected chi connectivity index (χ2v) is 5.86. The number of halogens is 1. The molecule has 0 fully saturated rings. The molecule has 0 aromatic heterocycles. The van der Waals surface area contributed by atoms with Crippen LogP contribution in [0.5, 0.6) is 0 Å². The first-order valence-corrected chi connectivity index (χ1v) is 7.44. The molecule has 116 valence electrons. The van der Waals surface area contributed by atoms with Crippen LogP contribution >= 0.6 is 0 Å². The number of hydrogen-bond donors (Lipinski definition) is 0. The molecule has 22 heavy (non-hydrogen) atoms. The SMILES string of the molecule is CN(C)C(C=O)(Cc1ccccc1)CC(F)c1ccccc1. The lowest BCUT2D eigenvalue weighted by atomic mass is 9.84. The maximum atomic E-state index is 14.7. The van der Waals surface area contributed by atoms with Crippen LogP contribution in [0.25, 0.3) is 0 Å². The van der Waals surface area contributed by atoms with Crippen molar-refractivity contribution in [3.63, 3.8) is 0 Å². The minimum Gasteiger partial charge on any atom is -0.301 e. The fraction of sp³-hybridized carbons (Fsp3) is 0.316. The van der Waals surface area contributed by atoms with E-state index in [1.807, 2.05) is 67.5 Å². The van der Waals surface area contributed by atoms with E-state index in [9.17, 15) is 9.18 Å². The molecule has 2 unspecified atom stereocenters. The molecule has 0 heterocycles. The molecule has 0 N–H and O–H groups in total. The molecule has 0 saturated carbocycles. The van der Waals surface area contributed by atoms with E-state index in [0.29, 0.717) is 12.0 Å². The van der Waals surface area contributed by atoms with Gasteiger partial charge in [-0.2, -0.15) is 0 Å². The van der Waals surface area contributed by atoms with E-state index in [1.54, 1.807) is 12.1 Å². The van der Waals surface area contributed by atoms with Crippen LogP contribution in [-0.2, 0) is 11.2 Å². The first kappa shape index (κ1) is 16.4. The number of carbonyl (C=O) groups is 1. The summed E-state index contributed by atoms with van der Waals surface area (Å²) in [7, 11) is 3.66. The van der Waals surface area contributed by atoms with Gasteiger partial charge in [-0.3, -0.25) is 4.90 Å². The van der Waals surface area contributed by atoms with Crippen molar-refractivity contribution in [3.05, 3.63) is 71.8 Å². The van der Waals surface area contributed by atoms with Crippen molar-refractivity contribution in [1.82, 2.24) is 4.90 Å². The van der Waals surface area contributed by atoms with Crippen LogP contribution < -0.4 is 0 Å². The second kappa shape index (κ2) is 7.32. The molecule has 2 rings (SSSR count). The van der Waals surface area contributed by atoms with Crippen LogP contribution in [0.1, 0.15) is 23.7 Å². The average molecular weight is 299 g/mol. The molecule has 0 spiro atoms. The van der Waals surface area contributed by atoms with Gasteiger partial charge < -0.3 is 4.79 Å². The zero-order valence-corrected chi connectivity index (χ0v) is 13.1. The van der Waals surface area contributed by atoms with Crippen molar-refractivity contribution >= 4 is 6.29 Å². The Kier molecular flexibility index (Phi) is 5.45. The summed E-state index contributed by atoms with van der Waals surface area (Å²) in [6, 6.07) is 18.8. The normalized spacial score (nSPS) is 15.3. The second-order valence-electron chi connectivity index (χ2n) is 5.86. The highest BCUT2D eigenvalue weighted by atomic mass is 19.1. The van der Waals surface area contributed by atoms with E-state index >= 15 is 0 Å². The van der Waals surface area contributed by atoms with Crippen molar-refractivity contribution in [2.75, 3.05) is 14.1 Å². The predicted molar refractivity (Wildman–Crippen MR) is 87.5 cm³/mol. The highest BCUT2D eigenvalue weighted by molar-refractivity contribution is 5.65. The van der Waals surface area contributed by atoms with E-state index in [1.165, 1.54) is 0 Å². The molecule has 0 aliphatic heterocycles. The Balaban J connectivity index is 2.24. The van der Waals surface area contributed by atoms with Crippen LogP contribution in [0.4, 0.5) is 4.39 Å². The summed E-state index contributed by atoms with van der Waals surface area (Å²) in [5.74, 6) is 0. The van der Waals surface area contributed by atoms with Crippen LogP contribution in [0, 0.1) is 0 Å². The molecule has 0 amide bonds. The van der Waals surface area contributed by atoms with Gasteiger partial charge in [-0.15, -0.1) is 0 Å². The minimum atomic E-state index is -1.17. The van der Waals surface area contributed by atoms with Gasteiger partial charge in [-0.1, -0.05) is 60.7 Å². The molecule has 0 aliphatic rings. The largest absolute Gasteiger partial charge is 0.301 e. The third-order valence-corrected chi connectivity index (χ3v) is 4.16. The monoisotopic (exact) mass is 299 g/mol. The van der Waals surface area contributed by atoms with E-state index in [4.69, 9.17) is 0 Å². The molecule has 0 aliphatic carbocycles. The first-order valence-electron chi connectivity index (χ1n) is 7.44. The maximum absolute atomic E-state index is 14.7. The van der Waals surface area contributed by atoms with Crippen molar-refractivity contribution in [3.8, 4) is 0 Å². The van der Waals surface area contributed by atoms with Crippen LogP contribution in [0.15, 0.2) is 60.7 Å². The third-order valence-electron chi connectivity index (χ3n) is 4.16. The Hall–Kier alpha value is -2.00. The Morgan fingerprint density at radius 3 is 2.09 bits per heavy atom. The summed E-state index contributed by atoms with van der Waals surface area (Å²) in [6.45, 7) is 0. The summed E-state index contributed by atoms with van der Waals surface area (Å²) in [6.07, 6.45) is 0.354. The van der Waals surface area contributed by atoms with Gasteiger partial charge in [0.15, 0.2) is 0 Å². The number of hydrogen-bond acceptors (Lipinski definition) is 2. The Bertz CT molecular complexity index is 585. The zero-order valence-electron chi connectivity index (χ0n) is 13.1. The molecule has 0 radical (unpaired) electrons. The number of carbonyl (C=O) groups excluding carboxylic acids is 1. The quantitative estimate of drug-likeness (QED) is 0.724. The summed E-state index contributed by atoms with van der Waals surface area (Å²) >= 11 is 0. The summed E-state index contributed by atoms with van der Waals surface area (Å²) in [5.41, 5.74) is 0.795. The van der Waals surface area contributed by atoms with Gasteiger partial charge in [0.1, 0.15) is 12.5 Å². The number of nitrogens with zero attached hydrogens (tertiary/aromatic N) is 1. The molecule has 2 atom stereocenters. The van der Waals surface area contributed by atoms with Crippen LogP contribution in [-0.4, -0.2) is 30.8 Å². The first-order chi connectivity index (χ1) is 10.6. The fourth-order valence-electron chi connectivity index (χ4n) is 2.65. The summed E-state index contributed by atoms with van der Waals surface area (Å²) in [5, 5.41) is 0. The van der Waals surface area contributed by atoms with E-state index in [0.717, 1.165) is 11.8 Å². The molecule has 0 saturated heterocycles. The van der Waals surface area contributed by atoms with E-state index < -0.39 is 11.7 Å². The standard InChI is InChI=1S/C19H22FNO/c1-21(2)19(15-22,13-16-9-5-3-6-10-16)14-18(20)17-11-7-4-8-12-17/h3-12,15,18H,13-14H2,1-2H3. The molecular formula is C19H22FNO.